The van der Waals surface area contributed by atoms with Gasteiger partial charge in [0.25, 0.3) is 5.91 Å². The lowest BCUT2D eigenvalue weighted by Gasteiger charge is -2.14. The maximum absolute atomic E-state index is 12.1. The maximum Gasteiger partial charge on any atom is 0.252 e. The van der Waals surface area contributed by atoms with Gasteiger partial charge in [-0.05, 0) is 25.1 Å². The number of guanidine groups is 1. The fourth-order valence-corrected chi connectivity index (χ4v) is 2.66. The van der Waals surface area contributed by atoms with Crippen LogP contribution in [-0.4, -0.2) is 38.6 Å². The lowest BCUT2D eigenvalue weighted by Crippen LogP contribution is -2.41. The number of nitrogens with zero attached hydrogens (tertiary/aromatic N) is 1. The Hall–Kier alpha value is -2.73. The largest absolute Gasteiger partial charge is 0.494 e. The van der Waals surface area contributed by atoms with E-state index in [0.29, 0.717) is 42.8 Å². The highest BCUT2D eigenvalue weighted by Crippen LogP contribution is 2.17. The van der Waals surface area contributed by atoms with Crippen molar-refractivity contribution in [1.82, 2.24) is 16.0 Å². The summed E-state index contributed by atoms with van der Waals surface area (Å²) in [7, 11) is 1.70. The van der Waals surface area contributed by atoms with E-state index >= 15 is 0 Å². The Morgan fingerprint density at radius 1 is 1.04 bits per heavy atom. The van der Waals surface area contributed by atoms with Gasteiger partial charge in [0.1, 0.15) is 5.75 Å². The van der Waals surface area contributed by atoms with Crippen molar-refractivity contribution in [3.63, 3.8) is 0 Å². The summed E-state index contributed by atoms with van der Waals surface area (Å²) in [6.45, 7) is 4.14. The first kappa shape index (κ1) is 20.6. The van der Waals surface area contributed by atoms with Crippen molar-refractivity contribution in [1.29, 1.82) is 0 Å². The fourth-order valence-electron chi connectivity index (χ4n) is 2.44. The van der Waals surface area contributed by atoms with Crippen molar-refractivity contribution in [2.45, 2.75) is 13.5 Å². The summed E-state index contributed by atoms with van der Waals surface area (Å²) in [5.41, 5.74) is 1.52. The van der Waals surface area contributed by atoms with Gasteiger partial charge in [-0.3, -0.25) is 9.79 Å². The molecule has 0 spiro atoms. The van der Waals surface area contributed by atoms with Gasteiger partial charge in [0, 0.05) is 32.2 Å². The van der Waals surface area contributed by atoms with Crippen LogP contribution in [0.1, 0.15) is 22.8 Å². The van der Waals surface area contributed by atoms with Crippen LogP contribution in [0.15, 0.2) is 53.5 Å². The van der Waals surface area contributed by atoms with Gasteiger partial charge >= 0.3 is 0 Å². The minimum atomic E-state index is -0.198. The average Bonchev–Trinajstić information content (AvgIpc) is 2.69. The third-order valence-corrected chi connectivity index (χ3v) is 4.09. The summed E-state index contributed by atoms with van der Waals surface area (Å²) in [6.07, 6.45) is 0. The third-order valence-electron chi connectivity index (χ3n) is 3.76. The van der Waals surface area contributed by atoms with Gasteiger partial charge in [-0.1, -0.05) is 41.9 Å². The molecule has 0 fully saturated rings. The van der Waals surface area contributed by atoms with Crippen molar-refractivity contribution in [3.8, 4) is 5.75 Å². The first-order valence-electron chi connectivity index (χ1n) is 8.83. The molecule has 0 aliphatic carbocycles. The van der Waals surface area contributed by atoms with E-state index in [1.54, 1.807) is 31.3 Å². The second kappa shape index (κ2) is 11.1. The van der Waals surface area contributed by atoms with E-state index in [1.165, 1.54) is 0 Å². The molecule has 144 valence electrons. The normalized spacial score (nSPS) is 11.0. The summed E-state index contributed by atoms with van der Waals surface area (Å²) in [5, 5.41) is 9.67. The average molecular weight is 389 g/mol. The standard InChI is InChI=1S/C20H25ClN4O2/c1-3-27-18-11-7-4-8-15(18)14-25-20(22-2)24-13-12-23-19(26)16-9-5-6-10-17(16)21/h4-11H,3,12-14H2,1-2H3,(H,23,26)(H2,22,24,25). The first-order valence-corrected chi connectivity index (χ1v) is 9.21. The number of ether oxygens (including phenoxy) is 1. The Labute approximate surface area is 165 Å². The lowest BCUT2D eigenvalue weighted by atomic mass is 10.2. The number of hydrogen-bond donors (Lipinski definition) is 3. The molecule has 2 rings (SSSR count). The number of aliphatic imine (C=N–C) groups is 1. The molecule has 27 heavy (non-hydrogen) atoms. The summed E-state index contributed by atoms with van der Waals surface area (Å²) in [6, 6.07) is 14.8. The highest BCUT2D eigenvalue weighted by atomic mass is 35.5. The molecule has 0 saturated heterocycles. The molecule has 0 heterocycles. The number of carbonyl (C=O) groups is 1. The van der Waals surface area contributed by atoms with Crippen LogP contribution >= 0.6 is 11.6 Å². The molecule has 0 atom stereocenters. The van der Waals surface area contributed by atoms with E-state index in [4.69, 9.17) is 16.3 Å². The van der Waals surface area contributed by atoms with Gasteiger partial charge in [0.2, 0.25) is 0 Å². The Morgan fingerprint density at radius 3 is 2.48 bits per heavy atom. The van der Waals surface area contributed by atoms with Crippen molar-refractivity contribution >= 4 is 23.5 Å². The quantitative estimate of drug-likeness (QED) is 0.369. The number of para-hydroxylation sites is 1. The SMILES string of the molecule is CCOc1ccccc1CNC(=NC)NCCNC(=O)c1ccccc1Cl. The van der Waals surface area contributed by atoms with Gasteiger partial charge in [0.05, 0.1) is 17.2 Å². The van der Waals surface area contributed by atoms with E-state index < -0.39 is 0 Å². The maximum atomic E-state index is 12.1. The zero-order valence-corrected chi connectivity index (χ0v) is 16.3. The topological polar surface area (TPSA) is 74.8 Å². The van der Waals surface area contributed by atoms with Crippen LogP contribution in [0.5, 0.6) is 5.75 Å². The van der Waals surface area contributed by atoms with E-state index in [0.717, 1.165) is 11.3 Å². The molecule has 0 unspecified atom stereocenters. The molecule has 0 aliphatic heterocycles. The fraction of sp³-hybridized carbons (Fsp3) is 0.300. The summed E-state index contributed by atoms with van der Waals surface area (Å²) in [5.74, 6) is 1.30. The molecule has 0 bridgehead atoms. The number of benzene rings is 2. The lowest BCUT2D eigenvalue weighted by molar-refractivity contribution is 0.0954. The molecule has 0 aliphatic rings. The van der Waals surface area contributed by atoms with Gasteiger partial charge in [0.15, 0.2) is 5.96 Å². The van der Waals surface area contributed by atoms with Crippen LogP contribution in [0.4, 0.5) is 0 Å². The van der Waals surface area contributed by atoms with Crippen LogP contribution in [-0.2, 0) is 6.54 Å². The van der Waals surface area contributed by atoms with Gasteiger partial charge in [-0.2, -0.15) is 0 Å². The van der Waals surface area contributed by atoms with Crippen LogP contribution in [0.2, 0.25) is 5.02 Å². The molecule has 3 N–H and O–H groups in total. The van der Waals surface area contributed by atoms with E-state index in [1.807, 2.05) is 31.2 Å². The second-order valence-corrected chi connectivity index (χ2v) is 6.04. The molecule has 0 aromatic heterocycles. The summed E-state index contributed by atoms with van der Waals surface area (Å²) in [4.78, 5) is 16.3. The molecular formula is C20H25ClN4O2. The zero-order chi connectivity index (χ0) is 19.5. The van der Waals surface area contributed by atoms with Crippen LogP contribution in [0.3, 0.4) is 0 Å². The predicted octanol–water partition coefficient (Wildman–Crippen LogP) is 2.83. The molecule has 1 amide bonds. The molecule has 7 heteroatoms. The predicted molar refractivity (Wildman–Crippen MR) is 110 cm³/mol. The number of rotatable bonds is 8. The summed E-state index contributed by atoms with van der Waals surface area (Å²) < 4.78 is 5.62. The minimum Gasteiger partial charge on any atom is -0.494 e. The molecule has 0 radical (unpaired) electrons. The van der Waals surface area contributed by atoms with E-state index in [-0.39, 0.29) is 5.91 Å². The highest BCUT2D eigenvalue weighted by molar-refractivity contribution is 6.33. The number of amides is 1. The van der Waals surface area contributed by atoms with Crippen LogP contribution < -0.4 is 20.7 Å². The number of hydrogen-bond acceptors (Lipinski definition) is 3. The molecule has 6 nitrogen and oxygen atoms in total. The van der Waals surface area contributed by atoms with E-state index in [2.05, 4.69) is 20.9 Å². The monoisotopic (exact) mass is 388 g/mol. The van der Waals surface area contributed by atoms with Gasteiger partial charge < -0.3 is 20.7 Å². The van der Waals surface area contributed by atoms with Crippen molar-refractivity contribution in [3.05, 3.63) is 64.7 Å². The second-order valence-electron chi connectivity index (χ2n) is 5.63. The smallest absolute Gasteiger partial charge is 0.252 e. The number of nitrogens with one attached hydrogen (secondary N) is 3. The molecular weight excluding hydrogens is 364 g/mol. The summed E-state index contributed by atoms with van der Waals surface area (Å²) >= 11 is 6.02. The Bertz CT molecular complexity index is 780. The molecule has 2 aromatic rings. The Morgan fingerprint density at radius 2 is 1.74 bits per heavy atom. The van der Waals surface area contributed by atoms with Crippen molar-refractivity contribution in [2.75, 3.05) is 26.7 Å². The van der Waals surface area contributed by atoms with Crippen molar-refractivity contribution < 1.29 is 9.53 Å². The zero-order valence-electron chi connectivity index (χ0n) is 15.6. The number of carbonyl (C=O) groups excluding carboxylic acids is 1. The first-order chi connectivity index (χ1) is 13.2. The van der Waals surface area contributed by atoms with Gasteiger partial charge in [-0.15, -0.1) is 0 Å². The van der Waals surface area contributed by atoms with Crippen molar-refractivity contribution in [2.24, 2.45) is 4.99 Å². The Balaban J connectivity index is 1.76. The van der Waals surface area contributed by atoms with Crippen LogP contribution in [0, 0.1) is 0 Å². The highest BCUT2D eigenvalue weighted by Gasteiger charge is 2.08. The van der Waals surface area contributed by atoms with Gasteiger partial charge in [-0.25, -0.2) is 0 Å². The number of halogens is 1. The third kappa shape index (κ3) is 6.49. The molecule has 2 aromatic carbocycles. The Kier molecular flexibility index (Phi) is 8.45. The molecule has 0 saturated carbocycles. The minimum absolute atomic E-state index is 0.198. The van der Waals surface area contributed by atoms with Crippen LogP contribution in [0.25, 0.3) is 0 Å². The van der Waals surface area contributed by atoms with E-state index in [9.17, 15) is 4.79 Å².